The first kappa shape index (κ1) is 24.1. The Hall–Kier alpha value is -3.19. The molecule has 0 spiro atoms. The maximum atomic E-state index is 12.7. The van der Waals surface area contributed by atoms with Gasteiger partial charge in [-0.2, -0.15) is 0 Å². The summed E-state index contributed by atoms with van der Waals surface area (Å²) in [5.41, 5.74) is -2.59. The Morgan fingerprint density at radius 2 is 1.42 bits per heavy atom. The predicted molar refractivity (Wildman–Crippen MR) is 118 cm³/mol. The first-order valence-corrected chi connectivity index (χ1v) is 9.65. The van der Waals surface area contributed by atoms with Crippen LogP contribution in [0.4, 0.5) is 0 Å². The van der Waals surface area contributed by atoms with Crippen LogP contribution in [0.15, 0.2) is 84.9 Å². The summed E-state index contributed by atoms with van der Waals surface area (Å²) in [4.78, 5) is 12.7. The summed E-state index contributed by atoms with van der Waals surface area (Å²) in [7, 11) is 2.92. The summed E-state index contributed by atoms with van der Waals surface area (Å²) in [6, 6.07) is 24.7. The number of ether oxygens (including phenoxy) is 2. The number of benzene rings is 3. The van der Waals surface area contributed by atoms with Gasteiger partial charge in [0, 0.05) is 13.0 Å². The Kier molecular flexibility index (Phi) is 7.57. The van der Waals surface area contributed by atoms with E-state index in [4.69, 9.17) is 9.47 Å². The van der Waals surface area contributed by atoms with E-state index in [-0.39, 0.29) is 6.15 Å². The maximum Gasteiger partial charge on any atom is 0.152 e. The number of methoxy groups -OCH3 is 2. The lowest BCUT2D eigenvalue weighted by atomic mass is 9.65. The van der Waals surface area contributed by atoms with Crippen molar-refractivity contribution in [3.63, 3.8) is 0 Å². The fourth-order valence-corrected chi connectivity index (χ4v) is 4.12. The maximum absolute atomic E-state index is 12.7. The summed E-state index contributed by atoms with van der Waals surface area (Å²) in [6.45, 7) is 1.64. The number of aliphatic hydroxyl groups is 1. The van der Waals surface area contributed by atoms with E-state index >= 15 is 0 Å². The average molecular weight is 424 g/mol. The molecule has 0 saturated carbocycles. The lowest BCUT2D eigenvalue weighted by Crippen LogP contribution is -2.65. The number of hydrogen-bond donors (Lipinski definition) is 2. The number of carbonyl (C=O) groups excluding carboxylic acids is 1. The van der Waals surface area contributed by atoms with Crippen molar-refractivity contribution in [3.8, 4) is 5.75 Å². The van der Waals surface area contributed by atoms with Crippen LogP contribution in [-0.4, -0.2) is 30.9 Å². The first-order chi connectivity index (χ1) is 14.4. The molecule has 0 unspecified atom stereocenters. The van der Waals surface area contributed by atoms with Gasteiger partial charge in [-0.1, -0.05) is 79.7 Å². The van der Waals surface area contributed by atoms with Crippen molar-refractivity contribution in [1.29, 1.82) is 0 Å². The molecule has 0 aliphatic carbocycles. The Morgan fingerprint density at radius 1 is 0.903 bits per heavy atom. The van der Waals surface area contributed by atoms with E-state index in [1.165, 1.54) is 14.2 Å². The van der Waals surface area contributed by atoms with E-state index in [0.29, 0.717) is 22.4 Å². The minimum absolute atomic E-state index is 0. The summed E-state index contributed by atoms with van der Waals surface area (Å²) >= 11 is 0. The minimum atomic E-state index is -2.45. The standard InChI is InChI=1S/C25H26O5.H3N/c1-18(19-11-10-16-22(17-19)29-2)24(28,23(26)27)25(30-3,20-12-6-4-7-13-20)21-14-8-5-9-15-21;/h4-18,28H,1-3H3,(H,26,27);1H3/t18-,24+;/m0./s1. The molecule has 0 aliphatic rings. The van der Waals surface area contributed by atoms with Gasteiger partial charge in [-0.25, -0.2) is 0 Å². The highest BCUT2D eigenvalue weighted by molar-refractivity contribution is 5.81. The highest BCUT2D eigenvalue weighted by atomic mass is 16.5. The SMILES string of the molecule is COc1cccc([C@H](C)[C@@](O)(C(=O)[O-])C(OC)(c2ccccc2)c2ccccc2)c1.[NH4+]. The van der Waals surface area contributed by atoms with Crippen molar-refractivity contribution in [2.24, 2.45) is 0 Å². The highest BCUT2D eigenvalue weighted by Gasteiger charge is 2.58. The molecule has 2 atom stereocenters. The molecule has 0 saturated heterocycles. The zero-order chi connectivity index (χ0) is 21.8. The van der Waals surface area contributed by atoms with Crippen LogP contribution in [0.5, 0.6) is 5.75 Å². The number of quaternary nitrogens is 1. The van der Waals surface area contributed by atoms with E-state index in [1.807, 2.05) is 12.1 Å². The molecule has 31 heavy (non-hydrogen) atoms. The lowest BCUT2D eigenvalue weighted by molar-refractivity contribution is -0.339. The number of hydrogen-bond acceptors (Lipinski definition) is 5. The van der Waals surface area contributed by atoms with Gasteiger partial charge < -0.3 is 30.6 Å². The van der Waals surface area contributed by atoms with Crippen LogP contribution in [-0.2, 0) is 15.1 Å². The molecular weight excluding hydrogens is 394 g/mol. The van der Waals surface area contributed by atoms with Crippen molar-refractivity contribution in [2.45, 2.75) is 24.0 Å². The molecule has 3 aromatic rings. The number of carboxylic acids is 1. The summed E-state index contributed by atoms with van der Waals surface area (Å²) in [5.74, 6) is -1.98. The molecule has 0 fully saturated rings. The highest BCUT2D eigenvalue weighted by Crippen LogP contribution is 2.49. The van der Waals surface area contributed by atoms with Crippen molar-refractivity contribution in [1.82, 2.24) is 6.15 Å². The monoisotopic (exact) mass is 423 g/mol. The van der Waals surface area contributed by atoms with Crippen molar-refractivity contribution in [3.05, 3.63) is 102 Å². The van der Waals surface area contributed by atoms with E-state index in [1.54, 1.807) is 79.7 Å². The zero-order valence-corrected chi connectivity index (χ0v) is 18.2. The van der Waals surface area contributed by atoms with Crippen LogP contribution in [0.2, 0.25) is 0 Å². The molecule has 0 aromatic heterocycles. The molecule has 0 amide bonds. The second-order valence-corrected chi connectivity index (χ2v) is 7.17. The van der Waals surface area contributed by atoms with Crippen LogP contribution in [0, 0.1) is 0 Å². The Labute approximate surface area is 182 Å². The summed E-state index contributed by atoms with van der Waals surface area (Å²) in [5, 5.41) is 24.6. The molecule has 3 aromatic carbocycles. The van der Waals surface area contributed by atoms with E-state index < -0.39 is 23.1 Å². The van der Waals surface area contributed by atoms with E-state index in [9.17, 15) is 15.0 Å². The van der Waals surface area contributed by atoms with Crippen LogP contribution < -0.4 is 16.0 Å². The quantitative estimate of drug-likeness (QED) is 0.577. The number of rotatable bonds is 8. The van der Waals surface area contributed by atoms with Crippen LogP contribution in [0.3, 0.4) is 0 Å². The Morgan fingerprint density at radius 3 is 1.84 bits per heavy atom. The second kappa shape index (κ2) is 9.75. The lowest BCUT2D eigenvalue weighted by Gasteiger charge is -2.50. The van der Waals surface area contributed by atoms with Gasteiger partial charge in [0.2, 0.25) is 0 Å². The second-order valence-electron chi connectivity index (χ2n) is 7.17. The molecule has 0 bridgehead atoms. The first-order valence-electron chi connectivity index (χ1n) is 9.65. The van der Waals surface area contributed by atoms with Crippen molar-refractivity contribution < 1.29 is 24.5 Å². The van der Waals surface area contributed by atoms with Crippen molar-refractivity contribution >= 4 is 5.97 Å². The third-order valence-electron chi connectivity index (χ3n) is 5.74. The molecule has 6 heteroatoms. The number of aliphatic carboxylic acids is 1. The smallest absolute Gasteiger partial charge is 0.152 e. The molecule has 164 valence electrons. The fraction of sp³-hybridized carbons (Fsp3) is 0.240. The number of carboxylic acid groups (broad SMARTS) is 1. The average Bonchev–Trinajstić information content (AvgIpc) is 2.80. The normalized spacial score (nSPS) is 14.1. The van der Waals surface area contributed by atoms with Crippen LogP contribution >= 0.6 is 0 Å². The Bertz CT molecular complexity index is 954. The van der Waals surface area contributed by atoms with E-state index in [0.717, 1.165) is 0 Å². The zero-order valence-electron chi connectivity index (χ0n) is 18.2. The Balaban J connectivity index is 0.00000341. The van der Waals surface area contributed by atoms with Gasteiger partial charge in [0.05, 0.1) is 13.1 Å². The van der Waals surface area contributed by atoms with Crippen LogP contribution in [0.25, 0.3) is 0 Å². The molecule has 0 heterocycles. The minimum Gasteiger partial charge on any atom is -0.547 e. The summed E-state index contributed by atoms with van der Waals surface area (Å²) < 4.78 is 11.2. The molecule has 0 radical (unpaired) electrons. The van der Waals surface area contributed by atoms with Gasteiger partial charge in [-0.05, 0) is 28.8 Å². The van der Waals surface area contributed by atoms with Gasteiger partial charge in [-0.15, -0.1) is 0 Å². The van der Waals surface area contributed by atoms with Gasteiger partial charge in [0.25, 0.3) is 0 Å². The van der Waals surface area contributed by atoms with Gasteiger partial charge in [-0.3, -0.25) is 0 Å². The fourth-order valence-electron chi connectivity index (χ4n) is 4.12. The van der Waals surface area contributed by atoms with Gasteiger partial charge in [0.15, 0.2) is 5.60 Å². The van der Waals surface area contributed by atoms with E-state index in [2.05, 4.69) is 0 Å². The molecule has 6 nitrogen and oxygen atoms in total. The topological polar surface area (TPSA) is 115 Å². The van der Waals surface area contributed by atoms with Crippen LogP contribution in [0.1, 0.15) is 29.5 Å². The van der Waals surface area contributed by atoms with Gasteiger partial charge >= 0.3 is 0 Å². The summed E-state index contributed by atoms with van der Waals surface area (Å²) in [6.07, 6.45) is 0. The molecule has 3 rings (SSSR count). The molecular formula is C25H29NO5. The predicted octanol–water partition coefficient (Wildman–Crippen LogP) is 3.25. The van der Waals surface area contributed by atoms with Crippen molar-refractivity contribution in [2.75, 3.05) is 14.2 Å². The largest absolute Gasteiger partial charge is 0.547 e. The molecule has 5 N–H and O–H groups in total. The third-order valence-corrected chi connectivity index (χ3v) is 5.74. The van der Waals surface area contributed by atoms with Gasteiger partial charge in [0.1, 0.15) is 11.4 Å². The number of carbonyl (C=O) groups is 1. The molecule has 0 aliphatic heterocycles. The third kappa shape index (κ3) is 3.93.